The zero-order chi connectivity index (χ0) is 18.3. The van der Waals surface area contributed by atoms with Gasteiger partial charge in [-0.25, -0.2) is 9.36 Å². The molecule has 4 aromatic rings. The standard InChI is InChI=1S/C21H16N2O3/c1-13-11-20(25)23(19-12-15(24)9-10-16(13)19)21(26)22-18-8-4-6-14-5-2-3-7-17(14)18/h2-12,24H,1H3,(H,22,26). The summed E-state index contributed by atoms with van der Waals surface area (Å²) in [7, 11) is 0. The summed E-state index contributed by atoms with van der Waals surface area (Å²) in [6.45, 7) is 1.80. The van der Waals surface area contributed by atoms with E-state index in [1.165, 1.54) is 18.2 Å². The maximum absolute atomic E-state index is 12.9. The van der Waals surface area contributed by atoms with E-state index in [0.717, 1.165) is 26.3 Å². The van der Waals surface area contributed by atoms with Crippen LogP contribution in [0.4, 0.5) is 10.5 Å². The number of phenolic OH excluding ortho intramolecular Hbond substituents is 1. The van der Waals surface area contributed by atoms with Gasteiger partial charge >= 0.3 is 6.03 Å². The van der Waals surface area contributed by atoms with Crippen LogP contribution in [-0.2, 0) is 0 Å². The molecule has 5 heteroatoms. The molecule has 1 amide bonds. The number of aromatic nitrogens is 1. The Morgan fingerprint density at radius 3 is 2.58 bits per heavy atom. The SMILES string of the molecule is Cc1cc(=O)n(C(=O)Nc2cccc3ccccc23)c2cc(O)ccc12. The first-order valence-electron chi connectivity index (χ1n) is 8.19. The van der Waals surface area contributed by atoms with Crippen molar-refractivity contribution in [2.75, 3.05) is 5.32 Å². The van der Waals surface area contributed by atoms with Crippen LogP contribution in [-0.4, -0.2) is 15.7 Å². The number of hydrogen-bond donors (Lipinski definition) is 2. The van der Waals surface area contributed by atoms with Crippen LogP contribution in [0, 0.1) is 6.92 Å². The summed E-state index contributed by atoms with van der Waals surface area (Å²) in [4.78, 5) is 25.4. The predicted molar refractivity (Wildman–Crippen MR) is 103 cm³/mol. The molecule has 0 aliphatic heterocycles. The van der Waals surface area contributed by atoms with Crippen molar-refractivity contribution in [3.05, 3.63) is 82.6 Å². The van der Waals surface area contributed by atoms with E-state index >= 15 is 0 Å². The minimum absolute atomic E-state index is 0.00536. The minimum Gasteiger partial charge on any atom is -0.508 e. The average molecular weight is 344 g/mol. The third-order valence-corrected chi connectivity index (χ3v) is 4.44. The third-order valence-electron chi connectivity index (χ3n) is 4.44. The number of phenols is 1. The van der Waals surface area contributed by atoms with E-state index in [9.17, 15) is 14.7 Å². The van der Waals surface area contributed by atoms with Crippen LogP contribution >= 0.6 is 0 Å². The Kier molecular flexibility index (Phi) is 3.69. The first kappa shape index (κ1) is 15.9. The molecule has 4 rings (SSSR count). The van der Waals surface area contributed by atoms with E-state index in [2.05, 4.69) is 5.32 Å². The first-order valence-corrected chi connectivity index (χ1v) is 8.19. The summed E-state index contributed by atoms with van der Waals surface area (Å²) >= 11 is 0. The molecule has 0 radical (unpaired) electrons. The molecule has 0 saturated carbocycles. The molecule has 0 spiro atoms. The normalized spacial score (nSPS) is 11.0. The Hall–Kier alpha value is -3.60. The fourth-order valence-electron chi connectivity index (χ4n) is 3.20. The number of hydrogen-bond acceptors (Lipinski definition) is 3. The molecule has 0 fully saturated rings. The van der Waals surface area contributed by atoms with E-state index < -0.39 is 11.6 Å². The van der Waals surface area contributed by atoms with Crippen LogP contribution in [0.15, 0.2) is 71.5 Å². The number of carbonyl (C=O) groups excluding carboxylic acids is 1. The Bertz CT molecular complexity index is 1220. The van der Waals surface area contributed by atoms with Gasteiger partial charge in [-0.3, -0.25) is 4.79 Å². The molecule has 5 nitrogen and oxygen atoms in total. The fourth-order valence-corrected chi connectivity index (χ4v) is 3.20. The van der Waals surface area contributed by atoms with E-state index in [1.807, 2.05) is 36.4 Å². The second kappa shape index (κ2) is 6.04. The second-order valence-corrected chi connectivity index (χ2v) is 6.16. The molecule has 3 aromatic carbocycles. The lowest BCUT2D eigenvalue weighted by Crippen LogP contribution is -2.31. The molecule has 0 aliphatic rings. The van der Waals surface area contributed by atoms with Gasteiger partial charge in [0, 0.05) is 22.9 Å². The summed E-state index contributed by atoms with van der Waals surface area (Å²) in [5.74, 6) is -0.00536. The quantitative estimate of drug-likeness (QED) is 0.542. The van der Waals surface area contributed by atoms with E-state index in [-0.39, 0.29) is 5.75 Å². The highest BCUT2D eigenvalue weighted by Gasteiger charge is 2.15. The Morgan fingerprint density at radius 1 is 0.962 bits per heavy atom. The Labute approximate surface area is 149 Å². The van der Waals surface area contributed by atoms with Gasteiger partial charge in [0.1, 0.15) is 5.75 Å². The van der Waals surface area contributed by atoms with Gasteiger partial charge in [-0.15, -0.1) is 0 Å². The molecule has 26 heavy (non-hydrogen) atoms. The van der Waals surface area contributed by atoms with Crippen LogP contribution in [0.5, 0.6) is 5.75 Å². The van der Waals surface area contributed by atoms with Gasteiger partial charge in [-0.05, 0) is 36.1 Å². The number of aromatic hydroxyl groups is 1. The topological polar surface area (TPSA) is 71.3 Å². The molecule has 1 aromatic heterocycles. The molecule has 0 unspecified atom stereocenters. The smallest absolute Gasteiger partial charge is 0.333 e. The van der Waals surface area contributed by atoms with Gasteiger partial charge in [-0.2, -0.15) is 0 Å². The van der Waals surface area contributed by atoms with Crippen molar-refractivity contribution in [1.82, 2.24) is 4.57 Å². The molecule has 0 saturated heterocycles. The number of aryl methyl sites for hydroxylation is 1. The van der Waals surface area contributed by atoms with Gasteiger partial charge in [0.2, 0.25) is 0 Å². The highest BCUT2D eigenvalue weighted by atomic mass is 16.3. The zero-order valence-electron chi connectivity index (χ0n) is 14.1. The van der Waals surface area contributed by atoms with E-state index in [4.69, 9.17) is 0 Å². The van der Waals surface area contributed by atoms with E-state index in [1.54, 1.807) is 19.1 Å². The van der Waals surface area contributed by atoms with Crippen molar-refractivity contribution in [3.63, 3.8) is 0 Å². The van der Waals surface area contributed by atoms with Crippen LogP contribution in [0.2, 0.25) is 0 Å². The van der Waals surface area contributed by atoms with Crippen LogP contribution in [0.1, 0.15) is 5.56 Å². The predicted octanol–water partition coefficient (Wildman–Crippen LogP) is 4.25. The lowest BCUT2D eigenvalue weighted by molar-refractivity contribution is 0.253. The zero-order valence-corrected chi connectivity index (χ0v) is 14.1. The number of rotatable bonds is 1. The summed E-state index contributed by atoms with van der Waals surface area (Å²) in [6.07, 6.45) is 0. The van der Waals surface area contributed by atoms with Crippen LogP contribution in [0.3, 0.4) is 0 Å². The minimum atomic E-state index is -0.568. The summed E-state index contributed by atoms with van der Waals surface area (Å²) < 4.78 is 1.05. The lowest BCUT2D eigenvalue weighted by Gasteiger charge is -2.13. The van der Waals surface area contributed by atoms with Crippen molar-refractivity contribution in [2.45, 2.75) is 6.92 Å². The van der Waals surface area contributed by atoms with Crippen molar-refractivity contribution in [1.29, 1.82) is 0 Å². The van der Waals surface area contributed by atoms with Gasteiger partial charge in [0.15, 0.2) is 0 Å². The number of amides is 1. The summed E-state index contributed by atoms with van der Waals surface area (Å²) in [5.41, 5.74) is 1.29. The van der Waals surface area contributed by atoms with Crippen LogP contribution < -0.4 is 10.9 Å². The Balaban J connectivity index is 1.87. The lowest BCUT2D eigenvalue weighted by atomic mass is 10.1. The molecule has 2 N–H and O–H groups in total. The van der Waals surface area contributed by atoms with Crippen molar-refractivity contribution >= 4 is 33.4 Å². The maximum atomic E-state index is 12.9. The molecule has 1 heterocycles. The number of anilines is 1. The number of benzene rings is 3. The van der Waals surface area contributed by atoms with Crippen LogP contribution in [0.25, 0.3) is 21.7 Å². The molecular formula is C21H16N2O3. The fraction of sp³-hybridized carbons (Fsp3) is 0.0476. The molecule has 0 aliphatic carbocycles. The van der Waals surface area contributed by atoms with E-state index in [0.29, 0.717) is 11.2 Å². The number of carbonyl (C=O) groups is 1. The number of pyridine rings is 1. The number of nitrogens with zero attached hydrogens (tertiary/aromatic N) is 1. The van der Waals surface area contributed by atoms with Gasteiger partial charge < -0.3 is 10.4 Å². The molecule has 128 valence electrons. The molecule has 0 atom stereocenters. The summed E-state index contributed by atoms with van der Waals surface area (Å²) in [5, 5.41) is 15.2. The Morgan fingerprint density at radius 2 is 1.73 bits per heavy atom. The first-order chi connectivity index (χ1) is 12.5. The molecular weight excluding hydrogens is 328 g/mol. The highest BCUT2D eigenvalue weighted by molar-refractivity contribution is 6.04. The second-order valence-electron chi connectivity index (χ2n) is 6.16. The average Bonchev–Trinajstić information content (AvgIpc) is 2.61. The van der Waals surface area contributed by atoms with Gasteiger partial charge in [0.05, 0.1) is 11.2 Å². The van der Waals surface area contributed by atoms with Crippen molar-refractivity contribution < 1.29 is 9.90 Å². The van der Waals surface area contributed by atoms with Gasteiger partial charge in [0.25, 0.3) is 5.56 Å². The maximum Gasteiger partial charge on any atom is 0.333 e. The third kappa shape index (κ3) is 2.59. The molecule has 0 bridgehead atoms. The monoisotopic (exact) mass is 344 g/mol. The van der Waals surface area contributed by atoms with Crippen molar-refractivity contribution in [3.8, 4) is 5.75 Å². The van der Waals surface area contributed by atoms with Crippen molar-refractivity contribution in [2.24, 2.45) is 0 Å². The largest absolute Gasteiger partial charge is 0.508 e. The summed E-state index contributed by atoms with van der Waals surface area (Å²) in [6, 6.07) is 18.8. The highest BCUT2D eigenvalue weighted by Crippen LogP contribution is 2.25. The number of nitrogens with one attached hydrogen (secondary N) is 1. The van der Waals surface area contributed by atoms with Gasteiger partial charge in [-0.1, -0.05) is 36.4 Å². The number of fused-ring (bicyclic) bond motifs is 2.